The van der Waals surface area contributed by atoms with E-state index in [1.165, 1.54) is 83.2 Å². The van der Waals surface area contributed by atoms with Crippen LogP contribution < -0.4 is 4.90 Å². The molecule has 0 bridgehead atoms. The lowest BCUT2D eigenvalue weighted by Gasteiger charge is -2.34. The third-order valence-electron chi connectivity index (χ3n) is 13.6. The standard InChI is InChI=1S/C58H45N/c1-3-57(4-2)53-27-17-16-26-49(53)50-34-32-48(39-55(50)57)59(46-30-28-41(29-31-46)40-18-8-5-9-19-40)47-33-35-54-52(38-47)51-36-42-20-14-15-21-43(42)37-56(51)58(54,44-22-10-6-11-23-44)45-24-12-7-13-25-45/h5-39H,3-4H2,1-2H3. The lowest BCUT2D eigenvalue weighted by Crippen LogP contribution is -2.28. The van der Waals surface area contributed by atoms with Crippen molar-refractivity contribution in [3.05, 3.63) is 246 Å². The zero-order valence-electron chi connectivity index (χ0n) is 33.6. The maximum Gasteiger partial charge on any atom is 0.0713 e. The smallest absolute Gasteiger partial charge is 0.0713 e. The number of rotatable bonds is 8. The summed E-state index contributed by atoms with van der Waals surface area (Å²) in [4.78, 5) is 2.49. The molecule has 0 aliphatic heterocycles. The summed E-state index contributed by atoms with van der Waals surface area (Å²) in [5.74, 6) is 0. The van der Waals surface area contributed by atoms with Gasteiger partial charge < -0.3 is 4.90 Å². The van der Waals surface area contributed by atoms with Crippen LogP contribution in [-0.2, 0) is 10.8 Å². The van der Waals surface area contributed by atoms with E-state index in [0.717, 1.165) is 24.2 Å². The molecular formula is C58H45N. The van der Waals surface area contributed by atoms with Gasteiger partial charge in [0, 0.05) is 22.5 Å². The van der Waals surface area contributed by atoms with Crippen LogP contribution in [0.2, 0.25) is 0 Å². The molecule has 282 valence electrons. The lowest BCUT2D eigenvalue weighted by atomic mass is 9.67. The van der Waals surface area contributed by atoms with Crippen LogP contribution in [0.5, 0.6) is 0 Å². The lowest BCUT2D eigenvalue weighted by molar-refractivity contribution is 0.490. The van der Waals surface area contributed by atoms with Crippen LogP contribution in [0.25, 0.3) is 44.2 Å². The fourth-order valence-corrected chi connectivity index (χ4v) is 10.8. The van der Waals surface area contributed by atoms with E-state index >= 15 is 0 Å². The van der Waals surface area contributed by atoms with Gasteiger partial charge in [-0.3, -0.25) is 0 Å². The minimum absolute atomic E-state index is 0.0341. The van der Waals surface area contributed by atoms with Gasteiger partial charge in [-0.15, -0.1) is 0 Å². The van der Waals surface area contributed by atoms with Crippen LogP contribution >= 0.6 is 0 Å². The highest BCUT2D eigenvalue weighted by atomic mass is 15.1. The predicted octanol–water partition coefficient (Wildman–Crippen LogP) is 15.4. The SMILES string of the molecule is CCC1(CC)c2ccccc2-c2ccc(N(c3ccc(-c4ccccc4)cc3)c3ccc4c(c3)-c3cc5ccccc5cc3C4(c3ccccc3)c3ccccc3)cc21. The van der Waals surface area contributed by atoms with Gasteiger partial charge in [-0.2, -0.15) is 0 Å². The van der Waals surface area contributed by atoms with Crippen LogP contribution in [0, 0.1) is 0 Å². The van der Waals surface area contributed by atoms with E-state index < -0.39 is 5.41 Å². The summed E-state index contributed by atoms with van der Waals surface area (Å²) in [5, 5.41) is 2.51. The van der Waals surface area contributed by atoms with Gasteiger partial charge in [0.25, 0.3) is 0 Å². The Hall–Kier alpha value is -6.96. The Bertz CT molecular complexity index is 2960. The van der Waals surface area contributed by atoms with E-state index in [4.69, 9.17) is 0 Å². The summed E-state index contributed by atoms with van der Waals surface area (Å²) in [7, 11) is 0. The fraction of sp³-hybridized carbons (Fsp3) is 0.103. The Morgan fingerprint density at radius 3 is 1.53 bits per heavy atom. The van der Waals surface area contributed by atoms with Crippen LogP contribution in [0.1, 0.15) is 60.1 Å². The zero-order chi connectivity index (χ0) is 39.6. The normalized spacial score (nSPS) is 14.0. The van der Waals surface area contributed by atoms with Gasteiger partial charge in [0.2, 0.25) is 0 Å². The van der Waals surface area contributed by atoms with Crippen molar-refractivity contribution in [1.29, 1.82) is 0 Å². The van der Waals surface area contributed by atoms with Crippen molar-refractivity contribution in [2.45, 2.75) is 37.5 Å². The first-order valence-electron chi connectivity index (χ1n) is 21.1. The second kappa shape index (κ2) is 13.9. The number of anilines is 3. The molecule has 0 aromatic heterocycles. The molecule has 0 saturated heterocycles. The maximum atomic E-state index is 2.50. The Morgan fingerprint density at radius 1 is 0.339 bits per heavy atom. The van der Waals surface area contributed by atoms with Crippen molar-refractivity contribution in [1.82, 2.24) is 0 Å². The predicted molar refractivity (Wildman–Crippen MR) is 248 cm³/mol. The van der Waals surface area contributed by atoms with Gasteiger partial charge in [0.1, 0.15) is 0 Å². The summed E-state index contributed by atoms with van der Waals surface area (Å²) in [6.07, 6.45) is 2.10. The van der Waals surface area contributed by atoms with Crippen molar-refractivity contribution in [3.8, 4) is 33.4 Å². The highest BCUT2D eigenvalue weighted by molar-refractivity contribution is 5.97. The van der Waals surface area contributed by atoms with Crippen molar-refractivity contribution < 1.29 is 0 Å². The van der Waals surface area contributed by atoms with Crippen LogP contribution in [-0.4, -0.2) is 0 Å². The molecule has 0 radical (unpaired) electrons. The van der Waals surface area contributed by atoms with Gasteiger partial charge in [-0.1, -0.05) is 178 Å². The van der Waals surface area contributed by atoms with Gasteiger partial charge in [-0.05, 0) is 139 Å². The zero-order valence-corrected chi connectivity index (χ0v) is 33.6. The summed E-state index contributed by atoms with van der Waals surface area (Å²) < 4.78 is 0. The van der Waals surface area contributed by atoms with Gasteiger partial charge in [0.15, 0.2) is 0 Å². The monoisotopic (exact) mass is 755 g/mol. The molecule has 0 unspecified atom stereocenters. The van der Waals surface area contributed by atoms with Gasteiger partial charge >= 0.3 is 0 Å². The molecule has 0 saturated carbocycles. The molecule has 9 aromatic rings. The Morgan fingerprint density at radius 2 is 0.847 bits per heavy atom. The first kappa shape index (κ1) is 35.2. The average molecular weight is 756 g/mol. The molecule has 0 heterocycles. The minimum Gasteiger partial charge on any atom is -0.310 e. The van der Waals surface area contributed by atoms with E-state index in [2.05, 4.69) is 231 Å². The molecule has 59 heavy (non-hydrogen) atoms. The molecule has 0 atom stereocenters. The van der Waals surface area contributed by atoms with Crippen LogP contribution in [0.4, 0.5) is 17.1 Å². The summed E-state index contributed by atoms with van der Waals surface area (Å²) in [5.41, 5.74) is 18.7. The maximum absolute atomic E-state index is 2.50. The molecular weight excluding hydrogens is 711 g/mol. The van der Waals surface area contributed by atoms with E-state index in [9.17, 15) is 0 Å². The topological polar surface area (TPSA) is 3.24 Å². The number of benzene rings is 9. The van der Waals surface area contributed by atoms with E-state index in [1.54, 1.807) is 0 Å². The molecule has 0 spiro atoms. The largest absolute Gasteiger partial charge is 0.310 e. The van der Waals surface area contributed by atoms with Gasteiger partial charge in [0.05, 0.1) is 5.41 Å². The number of hydrogen-bond acceptors (Lipinski definition) is 1. The third kappa shape index (κ3) is 5.24. The van der Waals surface area contributed by atoms with E-state index in [0.29, 0.717) is 0 Å². The van der Waals surface area contributed by atoms with Crippen LogP contribution in [0.3, 0.4) is 0 Å². The Kier molecular flexibility index (Phi) is 8.27. The quantitative estimate of drug-likeness (QED) is 0.149. The first-order chi connectivity index (χ1) is 29.1. The average Bonchev–Trinajstić information content (AvgIpc) is 3.76. The van der Waals surface area contributed by atoms with Crippen molar-refractivity contribution in [2.75, 3.05) is 4.90 Å². The summed E-state index contributed by atoms with van der Waals surface area (Å²) >= 11 is 0. The molecule has 0 amide bonds. The number of fused-ring (bicyclic) bond motifs is 7. The highest BCUT2D eigenvalue weighted by Gasteiger charge is 2.47. The summed E-state index contributed by atoms with van der Waals surface area (Å²) in [6, 6.07) is 79.3. The second-order valence-corrected chi connectivity index (χ2v) is 16.3. The third-order valence-corrected chi connectivity index (χ3v) is 13.6. The van der Waals surface area contributed by atoms with Gasteiger partial charge in [-0.25, -0.2) is 0 Å². The Labute approximate surface area is 347 Å². The van der Waals surface area contributed by atoms with Crippen LogP contribution in [0.15, 0.2) is 212 Å². The molecule has 9 aromatic carbocycles. The molecule has 2 aliphatic rings. The van der Waals surface area contributed by atoms with Crippen molar-refractivity contribution in [3.63, 3.8) is 0 Å². The molecule has 0 N–H and O–H groups in total. The molecule has 0 fully saturated rings. The van der Waals surface area contributed by atoms with Crippen molar-refractivity contribution in [2.24, 2.45) is 0 Å². The molecule has 1 heteroatoms. The van der Waals surface area contributed by atoms with Crippen molar-refractivity contribution >= 4 is 27.8 Å². The Balaban J connectivity index is 1.16. The number of hydrogen-bond donors (Lipinski definition) is 0. The fourth-order valence-electron chi connectivity index (χ4n) is 10.8. The highest BCUT2D eigenvalue weighted by Crippen LogP contribution is 2.59. The van der Waals surface area contributed by atoms with E-state index in [1.807, 2.05) is 0 Å². The summed E-state index contributed by atoms with van der Waals surface area (Å²) in [6.45, 7) is 4.71. The second-order valence-electron chi connectivity index (χ2n) is 16.3. The molecule has 2 aliphatic carbocycles. The van der Waals surface area contributed by atoms with E-state index in [-0.39, 0.29) is 5.41 Å². The molecule has 11 rings (SSSR count). The first-order valence-corrected chi connectivity index (χ1v) is 21.1. The molecule has 1 nitrogen and oxygen atoms in total. The minimum atomic E-state index is -0.487. The number of nitrogens with zero attached hydrogens (tertiary/aromatic N) is 1.